The zero-order valence-corrected chi connectivity index (χ0v) is 11.8. The Labute approximate surface area is 113 Å². The third-order valence-electron chi connectivity index (χ3n) is 3.38. The molecule has 0 atom stereocenters. The van der Waals surface area contributed by atoms with Crippen LogP contribution in [-0.2, 0) is 10.2 Å². The van der Waals surface area contributed by atoms with Crippen molar-refractivity contribution in [3.63, 3.8) is 0 Å². The van der Waals surface area contributed by atoms with Gasteiger partial charge in [-0.1, -0.05) is 0 Å². The van der Waals surface area contributed by atoms with E-state index in [1.54, 1.807) is 6.20 Å². The first-order valence-corrected chi connectivity index (χ1v) is 6.45. The lowest BCUT2D eigenvalue weighted by molar-refractivity contribution is -0.140. The average molecular weight is 264 g/mol. The number of pyridine rings is 1. The molecule has 19 heavy (non-hydrogen) atoms. The summed E-state index contributed by atoms with van der Waals surface area (Å²) >= 11 is 0. The van der Waals surface area contributed by atoms with Gasteiger partial charge in [-0.05, 0) is 32.8 Å². The summed E-state index contributed by atoms with van der Waals surface area (Å²) in [4.78, 5) is 17.7. The Morgan fingerprint density at radius 2 is 2.11 bits per heavy atom. The Morgan fingerprint density at radius 1 is 1.47 bits per heavy atom. The number of ether oxygens (including phenoxy) is 1. The first kappa shape index (κ1) is 13.6. The van der Waals surface area contributed by atoms with Crippen LogP contribution < -0.4 is 9.64 Å². The fourth-order valence-corrected chi connectivity index (χ4v) is 2.07. The fourth-order valence-electron chi connectivity index (χ4n) is 2.07. The smallest absolute Gasteiger partial charge is 0.314 e. The van der Waals surface area contributed by atoms with Gasteiger partial charge in [0.25, 0.3) is 0 Å². The minimum atomic E-state index is -0.802. The molecule has 1 fully saturated rings. The molecule has 0 aliphatic heterocycles. The maximum absolute atomic E-state index is 11.5. The molecule has 0 saturated heterocycles. The number of hydrogen-bond acceptors (Lipinski definition) is 4. The second-order valence-corrected chi connectivity index (χ2v) is 5.49. The number of carbonyl (C=O) groups is 1. The van der Waals surface area contributed by atoms with E-state index in [1.807, 2.05) is 38.9 Å². The molecule has 5 nitrogen and oxygen atoms in total. The SMILES string of the molecule is CC(C)Oc1ncc(N(C)C)cc1C1(C(=O)O)CC1. The predicted molar refractivity (Wildman–Crippen MR) is 72.9 cm³/mol. The largest absolute Gasteiger partial charge is 0.481 e. The number of carboxylic acid groups (broad SMARTS) is 1. The van der Waals surface area contributed by atoms with Gasteiger partial charge in [-0.25, -0.2) is 4.98 Å². The van der Waals surface area contributed by atoms with Crippen molar-refractivity contribution in [3.8, 4) is 5.88 Å². The highest BCUT2D eigenvalue weighted by Crippen LogP contribution is 2.51. The molecule has 5 heteroatoms. The van der Waals surface area contributed by atoms with Crippen LogP contribution in [0.4, 0.5) is 5.69 Å². The summed E-state index contributed by atoms with van der Waals surface area (Å²) in [7, 11) is 3.81. The summed E-state index contributed by atoms with van der Waals surface area (Å²) in [6.45, 7) is 3.82. The Balaban J connectivity index is 2.48. The Hall–Kier alpha value is -1.78. The number of anilines is 1. The van der Waals surface area contributed by atoms with E-state index < -0.39 is 11.4 Å². The van der Waals surface area contributed by atoms with E-state index in [0.717, 1.165) is 5.69 Å². The second-order valence-electron chi connectivity index (χ2n) is 5.49. The maximum atomic E-state index is 11.5. The minimum Gasteiger partial charge on any atom is -0.481 e. The molecule has 1 aliphatic carbocycles. The van der Waals surface area contributed by atoms with Crippen LogP contribution in [0, 0.1) is 0 Å². The van der Waals surface area contributed by atoms with Crippen molar-refractivity contribution >= 4 is 11.7 Å². The van der Waals surface area contributed by atoms with Gasteiger partial charge in [0.15, 0.2) is 0 Å². The van der Waals surface area contributed by atoms with Crippen LogP contribution in [0.1, 0.15) is 32.3 Å². The first-order chi connectivity index (χ1) is 8.86. The number of carboxylic acids is 1. The minimum absolute atomic E-state index is 0.0268. The normalized spacial score (nSPS) is 16.3. The van der Waals surface area contributed by atoms with E-state index in [0.29, 0.717) is 24.3 Å². The Kier molecular flexibility index (Phi) is 3.39. The summed E-state index contributed by atoms with van der Waals surface area (Å²) in [5, 5.41) is 9.45. The topological polar surface area (TPSA) is 62.7 Å². The number of hydrogen-bond donors (Lipinski definition) is 1. The molecule has 1 aromatic rings. The molecule has 1 N–H and O–H groups in total. The number of aliphatic carboxylic acids is 1. The van der Waals surface area contributed by atoms with Crippen LogP contribution in [0.15, 0.2) is 12.3 Å². The van der Waals surface area contributed by atoms with E-state index in [4.69, 9.17) is 4.74 Å². The van der Waals surface area contributed by atoms with Crippen LogP contribution >= 0.6 is 0 Å². The van der Waals surface area contributed by atoms with Crippen LogP contribution in [0.3, 0.4) is 0 Å². The molecule has 104 valence electrons. The van der Waals surface area contributed by atoms with Crippen molar-refractivity contribution < 1.29 is 14.6 Å². The van der Waals surface area contributed by atoms with Gasteiger partial charge in [0.1, 0.15) is 0 Å². The van der Waals surface area contributed by atoms with Crippen LogP contribution in [0.5, 0.6) is 5.88 Å². The zero-order valence-electron chi connectivity index (χ0n) is 11.8. The lowest BCUT2D eigenvalue weighted by atomic mass is 9.97. The number of aromatic nitrogens is 1. The van der Waals surface area contributed by atoms with Gasteiger partial charge in [-0.2, -0.15) is 0 Å². The lowest BCUT2D eigenvalue weighted by Crippen LogP contribution is -2.23. The molecule has 0 spiro atoms. The van der Waals surface area contributed by atoms with Crippen molar-refractivity contribution in [2.75, 3.05) is 19.0 Å². The van der Waals surface area contributed by atoms with Gasteiger partial charge in [-0.15, -0.1) is 0 Å². The molecular weight excluding hydrogens is 244 g/mol. The molecule has 1 aliphatic rings. The monoisotopic (exact) mass is 264 g/mol. The molecule has 0 aromatic carbocycles. The molecule has 0 amide bonds. The summed E-state index contributed by atoms with van der Waals surface area (Å²) in [6, 6.07) is 1.88. The number of nitrogens with zero attached hydrogens (tertiary/aromatic N) is 2. The molecule has 0 radical (unpaired) electrons. The maximum Gasteiger partial charge on any atom is 0.314 e. The van der Waals surface area contributed by atoms with Crippen molar-refractivity contribution in [1.29, 1.82) is 0 Å². The molecule has 1 saturated carbocycles. The van der Waals surface area contributed by atoms with Crippen LogP contribution in [-0.4, -0.2) is 36.3 Å². The summed E-state index contributed by atoms with van der Waals surface area (Å²) in [6.07, 6.45) is 2.98. The molecular formula is C14H20N2O3. The van der Waals surface area contributed by atoms with Crippen molar-refractivity contribution in [2.24, 2.45) is 0 Å². The second kappa shape index (κ2) is 4.72. The highest BCUT2D eigenvalue weighted by Gasteiger charge is 2.54. The molecule has 1 aromatic heterocycles. The van der Waals surface area contributed by atoms with E-state index in [1.165, 1.54) is 0 Å². The molecule has 2 rings (SSSR count). The summed E-state index contributed by atoms with van der Waals surface area (Å²) < 4.78 is 5.66. The van der Waals surface area contributed by atoms with Crippen LogP contribution in [0.2, 0.25) is 0 Å². The summed E-state index contributed by atoms with van der Waals surface area (Å²) in [5.41, 5.74) is 0.780. The zero-order chi connectivity index (χ0) is 14.2. The lowest BCUT2D eigenvalue weighted by Gasteiger charge is -2.20. The van der Waals surface area contributed by atoms with Gasteiger partial charge < -0.3 is 14.7 Å². The van der Waals surface area contributed by atoms with E-state index in [-0.39, 0.29) is 6.10 Å². The Bertz CT molecular complexity index is 493. The van der Waals surface area contributed by atoms with Crippen molar-refractivity contribution in [1.82, 2.24) is 4.98 Å². The van der Waals surface area contributed by atoms with E-state index >= 15 is 0 Å². The first-order valence-electron chi connectivity index (χ1n) is 6.45. The molecule has 0 bridgehead atoms. The van der Waals surface area contributed by atoms with Gasteiger partial charge in [-0.3, -0.25) is 4.79 Å². The highest BCUT2D eigenvalue weighted by molar-refractivity contribution is 5.86. The van der Waals surface area contributed by atoms with Gasteiger partial charge in [0.2, 0.25) is 5.88 Å². The highest BCUT2D eigenvalue weighted by atomic mass is 16.5. The van der Waals surface area contributed by atoms with Crippen LogP contribution in [0.25, 0.3) is 0 Å². The molecule has 1 heterocycles. The fraction of sp³-hybridized carbons (Fsp3) is 0.571. The van der Waals surface area contributed by atoms with Crippen molar-refractivity contribution in [2.45, 2.75) is 38.2 Å². The molecule has 0 unspecified atom stereocenters. The van der Waals surface area contributed by atoms with Gasteiger partial charge in [0.05, 0.1) is 23.4 Å². The number of rotatable bonds is 5. The average Bonchev–Trinajstić information content (AvgIpc) is 3.09. The van der Waals surface area contributed by atoms with Crippen molar-refractivity contribution in [3.05, 3.63) is 17.8 Å². The Morgan fingerprint density at radius 3 is 2.53 bits per heavy atom. The standard InChI is InChI=1S/C14H20N2O3/c1-9(2)19-12-11(14(5-6-14)13(17)18)7-10(8-15-12)16(3)4/h7-9H,5-6H2,1-4H3,(H,17,18). The van der Waals surface area contributed by atoms with E-state index in [2.05, 4.69) is 4.98 Å². The van der Waals surface area contributed by atoms with E-state index in [9.17, 15) is 9.90 Å². The van der Waals surface area contributed by atoms with Gasteiger partial charge >= 0.3 is 5.97 Å². The van der Waals surface area contributed by atoms with Gasteiger partial charge in [0, 0.05) is 19.7 Å². The third-order valence-corrected chi connectivity index (χ3v) is 3.38. The third kappa shape index (κ3) is 2.50. The quantitative estimate of drug-likeness (QED) is 0.882. The summed E-state index contributed by atoms with van der Waals surface area (Å²) in [5.74, 6) is -0.348. The predicted octanol–water partition coefficient (Wildman–Crippen LogP) is 2.05.